The van der Waals surface area contributed by atoms with Crippen LogP contribution in [0.4, 0.5) is 5.69 Å². The van der Waals surface area contributed by atoms with Crippen molar-refractivity contribution in [2.24, 2.45) is 0 Å². The number of hydrogen-bond donors (Lipinski definition) is 0. The number of fused-ring (bicyclic) bond motifs is 1. The Morgan fingerprint density at radius 2 is 1.96 bits per heavy atom. The average molecular weight is 381 g/mol. The molecule has 0 aliphatic carbocycles. The van der Waals surface area contributed by atoms with E-state index >= 15 is 0 Å². The monoisotopic (exact) mass is 381 g/mol. The summed E-state index contributed by atoms with van der Waals surface area (Å²) in [4.78, 5) is 4.06. The highest BCUT2D eigenvalue weighted by Crippen LogP contribution is 2.38. The van der Waals surface area contributed by atoms with E-state index in [1.165, 1.54) is 10.4 Å². The summed E-state index contributed by atoms with van der Waals surface area (Å²) in [5, 5.41) is 8.78. The van der Waals surface area contributed by atoms with Crippen LogP contribution in [0.15, 0.2) is 58.2 Å². The summed E-state index contributed by atoms with van der Waals surface area (Å²) < 4.78 is 38.3. The van der Waals surface area contributed by atoms with Crippen molar-refractivity contribution in [1.82, 2.24) is 4.98 Å². The number of anilines is 1. The van der Waals surface area contributed by atoms with E-state index < -0.39 is 10.0 Å². The number of ether oxygens (including phenoxy) is 1. The lowest BCUT2D eigenvalue weighted by Crippen LogP contribution is -2.37. The molecule has 0 atom stereocenters. The predicted octanol–water partition coefficient (Wildman–Crippen LogP) is 3.11. The Labute approximate surface area is 156 Å². The van der Waals surface area contributed by atoms with Gasteiger partial charge in [-0.15, -0.1) is 0 Å². The molecule has 2 aromatic heterocycles. The number of benzene rings is 1. The molecule has 0 unspecified atom stereocenters. The first-order valence-corrected chi connectivity index (χ1v) is 9.65. The molecule has 7 nitrogen and oxygen atoms in total. The lowest BCUT2D eigenvalue weighted by atomic mass is 10.1. The minimum absolute atomic E-state index is 0.0988. The zero-order valence-electron chi connectivity index (χ0n) is 14.4. The van der Waals surface area contributed by atoms with Gasteiger partial charge in [-0.2, -0.15) is 13.7 Å². The van der Waals surface area contributed by atoms with E-state index in [1.807, 2.05) is 12.1 Å². The fourth-order valence-corrected chi connectivity index (χ4v) is 4.32. The first kappa shape index (κ1) is 17.1. The van der Waals surface area contributed by atoms with Crippen molar-refractivity contribution in [3.05, 3.63) is 60.1 Å². The van der Waals surface area contributed by atoms with Gasteiger partial charge in [-0.1, -0.05) is 6.07 Å². The van der Waals surface area contributed by atoms with Crippen molar-refractivity contribution in [1.29, 1.82) is 5.26 Å². The summed E-state index contributed by atoms with van der Waals surface area (Å²) in [5.74, 6) is 1.01. The third-order valence-corrected chi connectivity index (χ3v) is 5.94. The smallest absolute Gasteiger partial charge is 0.298 e. The van der Waals surface area contributed by atoms with Crippen LogP contribution in [-0.4, -0.2) is 26.6 Å². The lowest BCUT2D eigenvalue weighted by molar-refractivity contribution is 0.315. The van der Waals surface area contributed by atoms with Crippen molar-refractivity contribution < 1.29 is 17.6 Å². The molecule has 1 aliphatic rings. The maximum atomic E-state index is 13.0. The number of rotatable bonds is 3. The summed E-state index contributed by atoms with van der Waals surface area (Å²) in [7, 11) is -3.84. The van der Waals surface area contributed by atoms with Gasteiger partial charge in [0.1, 0.15) is 29.9 Å². The molecule has 0 spiro atoms. The Balaban J connectivity index is 1.78. The Bertz CT molecular complexity index is 1140. The molecule has 0 fully saturated rings. The number of aromatic nitrogens is 1. The highest BCUT2D eigenvalue weighted by Gasteiger charge is 2.32. The highest BCUT2D eigenvalue weighted by atomic mass is 32.2. The number of furan rings is 1. The molecule has 136 valence electrons. The van der Waals surface area contributed by atoms with E-state index in [0.29, 0.717) is 22.9 Å². The second-order valence-electron chi connectivity index (χ2n) is 6.02. The van der Waals surface area contributed by atoms with E-state index in [-0.39, 0.29) is 18.2 Å². The lowest BCUT2D eigenvalue weighted by Gasteiger charge is -2.30. The zero-order chi connectivity index (χ0) is 19.0. The van der Waals surface area contributed by atoms with Crippen LogP contribution in [0.2, 0.25) is 0 Å². The maximum Gasteiger partial charge on any atom is 0.298 e. The molecule has 0 N–H and O–H groups in total. The third kappa shape index (κ3) is 3.02. The Morgan fingerprint density at radius 3 is 2.63 bits per heavy atom. The molecule has 0 saturated heterocycles. The summed E-state index contributed by atoms with van der Waals surface area (Å²) in [6.07, 6.45) is 1.58. The number of nitrogens with zero attached hydrogens (tertiary/aromatic N) is 3. The number of aryl methyl sites for hydroxylation is 1. The van der Waals surface area contributed by atoms with Gasteiger partial charge >= 0.3 is 0 Å². The first-order valence-electron chi connectivity index (χ1n) is 8.21. The molecule has 3 heterocycles. The van der Waals surface area contributed by atoms with Gasteiger partial charge in [0.15, 0.2) is 0 Å². The second kappa shape index (κ2) is 6.45. The topological polar surface area (TPSA) is 96.4 Å². The number of sulfonamides is 1. The van der Waals surface area contributed by atoms with Gasteiger partial charge in [0.05, 0.1) is 12.2 Å². The Kier molecular flexibility index (Phi) is 4.09. The van der Waals surface area contributed by atoms with Gasteiger partial charge < -0.3 is 9.15 Å². The first-order chi connectivity index (χ1) is 13.0. The summed E-state index contributed by atoms with van der Waals surface area (Å²) >= 11 is 0. The summed E-state index contributed by atoms with van der Waals surface area (Å²) in [6, 6.07) is 13.7. The van der Waals surface area contributed by atoms with Gasteiger partial charge in [-0.05, 0) is 48.9 Å². The van der Waals surface area contributed by atoms with Crippen molar-refractivity contribution >= 4 is 15.7 Å². The normalized spacial score (nSPS) is 13.6. The van der Waals surface area contributed by atoms with Crippen molar-refractivity contribution in [3.8, 4) is 22.9 Å². The summed E-state index contributed by atoms with van der Waals surface area (Å²) in [5.41, 5.74) is 2.30. The van der Waals surface area contributed by atoms with Gasteiger partial charge in [0.25, 0.3) is 10.0 Å². The molecule has 1 aliphatic heterocycles. The van der Waals surface area contributed by atoms with E-state index in [1.54, 1.807) is 43.5 Å². The van der Waals surface area contributed by atoms with E-state index in [9.17, 15) is 8.42 Å². The molecule has 4 rings (SSSR count). The molecule has 27 heavy (non-hydrogen) atoms. The van der Waals surface area contributed by atoms with Gasteiger partial charge in [0.2, 0.25) is 5.09 Å². The molecular formula is C19H15N3O4S. The molecular weight excluding hydrogens is 366 g/mol. The van der Waals surface area contributed by atoms with Crippen LogP contribution in [-0.2, 0) is 10.0 Å². The minimum Gasteiger partial charge on any atom is -0.489 e. The van der Waals surface area contributed by atoms with E-state index in [4.69, 9.17) is 14.4 Å². The van der Waals surface area contributed by atoms with Crippen molar-refractivity contribution in [2.45, 2.75) is 12.0 Å². The van der Waals surface area contributed by atoms with Crippen LogP contribution in [0.1, 0.15) is 11.5 Å². The molecule has 0 saturated carbocycles. The summed E-state index contributed by atoms with van der Waals surface area (Å²) in [6.45, 7) is 2.14. The van der Waals surface area contributed by atoms with Gasteiger partial charge in [-0.3, -0.25) is 4.31 Å². The molecule has 0 radical (unpaired) electrons. The van der Waals surface area contributed by atoms with Crippen LogP contribution in [0, 0.1) is 18.3 Å². The molecule has 1 aromatic carbocycles. The Morgan fingerprint density at radius 1 is 1.15 bits per heavy atom. The van der Waals surface area contributed by atoms with Gasteiger partial charge in [-0.25, -0.2) is 4.98 Å². The molecule has 8 heteroatoms. The third-order valence-electron chi connectivity index (χ3n) is 4.25. The largest absolute Gasteiger partial charge is 0.489 e. The van der Waals surface area contributed by atoms with E-state index in [2.05, 4.69) is 4.98 Å². The zero-order valence-corrected chi connectivity index (χ0v) is 15.2. The van der Waals surface area contributed by atoms with Crippen molar-refractivity contribution in [2.75, 3.05) is 17.5 Å². The van der Waals surface area contributed by atoms with Crippen LogP contribution in [0.5, 0.6) is 5.75 Å². The Hall–Kier alpha value is -3.31. The fourth-order valence-electron chi connectivity index (χ4n) is 2.91. The molecule has 0 bridgehead atoms. The highest BCUT2D eigenvalue weighted by molar-refractivity contribution is 7.92. The number of hydrogen-bond acceptors (Lipinski definition) is 6. The average Bonchev–Trinajstić information content (AvgIpc) is 3.14. The van der Waals surface area contributed by atoms with Gasteiger partial charge in [0, 0.05) is 11.8 Å². The van der Waals surface area contributed by atoms with Crippen molar-refractivity contribution in [3.63, 3.8) is 0 Å². The number of nitriles is 1. The maximum absolute atomic E-state index is 13.0. The predicted molar refractivity (Wildman–Crippen MR) is 97.9 cm³/mol. The standard InChI is InChI=1S/C19H15N3O4S/c1-13-2-7-19(26-13)27(23,24)22-8-9-25-18-6-4-14(10-17(18)22)15-3-5-16(11-20)21-12-15/h2-7,10,12H,8-9H2,1H3. The minimum atomic E-state index is -3.84. The SMILES string of the molecule is Cc1ccc(S(=O)(=O)N2CCOc3ccc(-c4ccc(C#N)nc4)cc32)o1. The van der Waals surface area contributed by atoms with Crippen LogP contribution < -0.4 is 9.04 Å². The molecule has 3 aromatic rings. The molecule has 0 amide bonds. The van der Waals surface area contributed by atoms with Crippen LogP contribution in [0.25, 0.3) is 11.1 Å². The number of pyridine rings is 1. The fraction of sp³-hybridized carbons (Fsp3) is 0.158. The van der Waals surface area contributed by atoms with Crippen LogP contribution >= 0.6 is 0 Å². The van der Waals surface area contributed by atoms with E-state index in [0.717, 1.165) is 11.1 Å². The second-order valence-corrected chi connectivity index (χ2v) is 7.81. The van der Waals surface area contributed by atoms with Crippen LogP contribution in [0.3, 0.4) is 0 Å². The quantitative estimate of drug-likeness (QED) is 0.692.